The molecular weight excluding hydrogens is 264 g/mol. The average Bonchev–Trinajstić information content (AvgIpc) is 2.38. The van der Waals surface area contributed by atoms with Crippen molar-refractivity contribution in [1.82, 2.24) is 4.90 Å². The summed E-state index contributed by atoms with van der Waals surface area (Å²) in [7, 11) is 1.74. The fourth-order valence-corrected chi connectivity index (χ4v) is 1.41. The largest absolute Gasteiger partial charge is 0.393 e. The van der Waals surface area contributed by atoms with E-state index in [9.17, 15) is 4.79 Å². The van der Waals surface area contributed by atoms with Crippen LogP contribution in [0.5, 0.6) is 0 Å². The summed E-state index contributed by atoms with van der Waals surface area (Å²) in [5.74, 6) is 0.0446. The lowest BCUT2D eigenvalue weighted by molar-refractivity contribution is -0.131. The van der Waals surface area contributed by atoms with Crippen LogP contribution in [0.3, 0.4) is 0 Å². The number of nitrogens with zero attached hydrogens (tertiary/aromatic N) is 1. The summed E-state index contributed by atoms with van der Waals surface area (Å²) in [6.45, 7) is 5.01. The Morgan fingerprint density at radius 3 is 2.37 bits per heavy atom. The predicted molar refractivity (Wildman–Crippen MR) is 80.2 cm³/mol. The Hall–Kier alpha value is -0.720. The molecule has 0 atom stereocenters. The second-order valence-corrected chi connectivity index (χ2v) is 4.88. The molecule has 0 aliphatic carbocycles. The lowest BCUT2D eigenvalue weighted by Crippen LogP contribution is -2.30. The van der Waals surface area contributed by atoms with Gasteiger partial charge in [0.05, 0.1) is 31.2 Å². The van der Waals surface area contributed by atoms with E-state index in [1.54, 1.807) is 11.9 Å². The maximum absolute atomic E-state index is 11.7. The minimum Gasteiger partial charge on any atom is -0.393 e. The predicted octanol–water partition coefficient (Wildman–Crippen LogP) is 1.34. The third-order valence-corrected chi connectivity index (χ3v) is 2.80. The summed E-state index contributed by atoms with van der Waals surface area (Å²) in [6, 6.07) is 0. The van der Waals surface area contributed by atoms with Gasteiger partial charge in [0.1, 0.15) is 0 Å². The molecule has 19 heavy (non-hydrogen) atoms. The number of amides is 1. The number of thiocarbonyl (C=S) groups is 1. The normalized spacial score (nSPS) is 10.4. The molecule has 1 amide bonds. The van der Waals surface area contributed by atoms with Crippen molar-refractivity contribution in [3.05, 3.63) is 0 Å². The van der Waals surface area contributed by atoms with Gasteiger partial charge in [-0.1, -0.05) is 25.6 Å². The third kappa shape index (κ3) is 12.1. The van der Waals surface area contributed by atoms with Gasteiger partial charge < -0.3 is 20.1 Å². The lowest BCUT2D eigenvalue weighted by Gasteiger charge is -2.16. The zero-order chi connectivity index (χ0) is 14.5. The number of unbranched alkanes of at least 4 members (excludes halogenated alkanes) is 1. The van der Waals surface area contributed by atoms with E-state index in [0.717, 1.165) is 19.4 Å². The Labute approximate surface area is 121 Å². The Balaban J connectivity index is 3.39. The quantitative estimate of drug-likeness (QED) is 0.434. The van der Waals surface area contributed by atoms with Crippen molar-refractivity contribution in [2.24, 2.45) is 5.73 Å². The first kappa shape index (κ1) is 18.3. The first-order valence-electron chi connectivity index (χ1n) is 6.75. The molecule has 0 rings (SSSR count). The molecule has 0 aromatic carbocycles. The molecule has 0 spiro atoms. The molecule has 0 heterocycles. The SMILES string of the molecule is CCCCOCCOCCC(=O)N(C)CCC(N)=S. The molecule has 0 saturated carbocycles. The van der Waals surface area contributed by atoms with Crippen LogP contribution < -0.4 is 5.73 Å². The summed E-state index contributed by atoms with van der Waals surface area (Å²) < 4.78 is 10.7. The number of nitrogens with two attached hydrogens (primary N) is 1. The van der Waals surface area contributed by atoms with Crippen molar-refractivity contribution in [3.8, 4) is 0 Å². The number of hydrogen-bond donors (Lipinski definition) is 1. The summed E-state index contributed by atoms with van der Waals surface area (Å²) >= 11 is 4.77. The molecule has 0 unspecified atom stereocenters. The van der Waals surface area contributed by atoms with Crippen molar-refractivity contribution in [2.75, 3.05) is 40.0 Å². The van der Waals surface area contributed by atoms with Gasteiger partial charge in [-0.3, -0.25) is 4.79 Å². The van der Waals surface area contributed by atoms with Crippen LogP contribution in [0.15, 0.2) is 0 Å². The highest BCUT2D eigenvalue weighted by molar-refractivity contribution is 7.80. The molecule has 0 fully saturated rings. The van der Waals surface area contributed by atoms with E-state index in [1.807, 2.05) is 0 Å². The molecule has 0 bridgehead atoms. The summed E-state index contributed by atoms with van der Waals surface area (Å²) in [4.78, 5) is 13.7. The molecule has 0 saturated heterocycles. The number of ether oxygens (including phenoxy) is 2. The van der Waals surface area contributed by atoms with Crippen molar-refractivity contribution in [1.29, 1.82) is 0 Å². The van der Waals surface area contributed by atoms with Crippen LogP contribution >= 0.6 is 12.2 Å². The standard InChI is InChI=1S/C13H26N2O3S/c1-3-4-8-17-10-11-18-9-6-13(16)15(2)7-5-12(14)19/h3-11H2,1-2H3,(H2,14,19). The topological polar surface area (TPSA) is 64.8 Å². The van der Waals surface area contributed by atoms with Gasteiger partial charge in [-0.25, -0.2) is 0 Å². The number of rotatable bonds is 12. The van der Waals surface area contributed by atoms with E-state index in [1.165, 1.54) is 0 Å². The maximum Gasteiger partial charge on any atom is 0.224 e. The van der Waals surface area contributed by atoms with Gasteiger partial charge in [-0.15, -0.1) is 0 Å². The molecule has 0 aliphatic heterocycles. The van der Waals surface area contributed by atoms with E-state index in [2.05, 4.69) is 6.92 Å². The number of carbonyl (C=O) groups is 1. The van der Waals surface area contributed by atoms with Crippen LogP contribution in [-0.2, 0) is 14.3 Å². The monoisotopic (exact) mass is 290 g/mol. The third-order valence-electron chi connectivity index (χ3n) is 2.59. The summed E-state index contributed by atoms with van der Waals surface area (Å²) in [5, 5.41) is 0. The molecule has 0 aromatic rings. The van der Waals surface area contributed by atoms with E-state index in [-0.39, 0.29) is 5.91 Å². The highest BCUT2D eigenvalue weighted by Gasteiger charge is 2.08. The van der Waals surface area contributed by atoms with Crippen molar-refractivity contribution in [2.45, 2.75) is 32.6 Å². The molecular formula is C13H26N2O3S. The zero-order valence-corrected chi connectivity index (χ0v) is 12.8. The second kappa shape index (κ2) is 12.3. The van der Waals surface area contributed by atoms with Gasteiger partial charge in [0.15, 0.2) is 0 Å². The van der Waals surface area contributed by atoms with E-state index in [4.69, 9.17) is 27.4 Å². The fraction of sp³-hybridized carbons (Fsp3) is 0.846. The van der Waals surface area contributed by atoms with E-state index in [0.29, 0.717) is 44.2 Å². The van der Waals surface area contributed by atoms with Gasteiger partial charge in [-0.05, 0) is 6.42 Å². The molecule has 0 aromatic heterocycles. The van der Waals surface area contributed by atoms with Gasteiger partial charge in [-0.2, -0.15) is 0 Å². The lowest BCUT2D eigenvalue weighted by atomic mass is 10.3. The Bertz CT molecular complexity index is 262. The minimum atomic E-state index is 0.0446. The van der Waals surface area contributed by atoms with Crippen LogP contribution in [0.25, 0.3) is 0 Å². The Morgan fingerprint density at radius 1 is 1.16 bits per heavy atom. The smallest absolute Gasteiger partial charge is 0.224 e. The van der Waals surface area contributed by atoms with Crippen LogP contribution in [0.2, 0.25) is 0 Å². The fourth-order valence-electron chi connectivity index (χ4n) is 1.32. The number of carbonyl (C=O) groups excluding carboxylic acids is 1. The molecule has 6 heteroatoms. The first-order chi connectivity index (χ1) is 9.07. The molecule has 5 nitrogen and oxygen atoms in total. The van der Waals surface area contributed by atoms with Crippen molar-refractivity contribution in [3.63, 3.8) is 0 Å². The van der Waals surface area contributed by atoms with Crippen LogP contribution in [0.4, 0.5) is 0 Å². The van der Waals surface area contributed by atoms with Crippen molar-refractivity contribution >= 4 is 23.1 Å². The Kier molecular flexibility index (Phi) is 11.9. The second-order valence-electron chi connectivity index (χ2n) is 4.36. The molecule has 2 N–H and O–H groups in total. The molecule has 112 valence electrons. The Morgan fingerprint density at radius 2 is 1.79 bits per heavy atom. The average molecular weight is 290 g/mol. The van der Waals surface area contributed by atoms with Crippen LogP contribution in [0.1, 0.15) is 32.6 Å². The molecule has 0 radical (unpaired) electrons. The van der Waals surface area contributed by atoms with Gasteiger partial charge in [0, 0.05) is 26.6 Å². The van der Waals surface area contributed by atoms with Crippen LogP contribution in [0, 0.1) is 0 Å². The highest BCUT2D eigenvalue weighted by atomic mass is 32.1. The van der Waals surface area contributed by atoms with Gasteiger partial charge in [0.25, 0.3) is 0 Å². The summed E-state index contributed by atoms with van der Waals surface area (Å²) in [6.07, 6.45) is 3.15. The molecule has 0 aliphatic rings. The van der Waals surface area contributed by atoms with E-state index >= 15 is 0 Å². The summed E-state index contributed by atoms with van der Waals surface area (Å²) in [5.41, 5.74) is 5.39. The zero-order valence-electron chi connectivity index (χ0n) is 12.0. The first-order valence-corrected chi connectivity index (χ1v) is 7.16. The maximum atomic E-state index is 11.7. The minimum absolute atomic E-state index is 0.0446. The van der Waals surface area contributed by atoms with Gasteiger partial charge in [0.2, 0.25) is 5.91 Å². The highest BCUT2D eigenvalue weighted by Crippen LogP contribution is 1.95. The van der Waals surface area contributed by atoms with E-state index < -0.39 is 0 Å². The van der Waals surface area contributed by atoms with Gasteiger partial charge >= 0.3 is 0 Å². The number of hydrogen-bond acceptors (Lipinski definition) is 4. The van der Waals surface area contributed by atoms with Crippen LogP contribution in [-0.4, -0.2) is 55.8 Å². The van der Waals surface area contributed by atoms with Crippen molar-refractivity contribution < 1.29 is 14.3 Å².